The van der Waals surface area contributed by atoms with Gasteiger partial charge in [0.1, 0.15) is 0 Å². The van der Waals surface area contributed by atoms with Gasteiger partial charge in [-0.2, -0.15) is 0 Å². The van der Waals surface area contributed by atoms with E-state index >= 15 is 0 Å². The molecule has 1 aromatic carbocycles. The Morgan fingerprint density at radius 3 is 3.00 bits per heavy atom. The minimum absolute atomic E-state index is 0.320. The van der Waals surface area contributed by atoms with E-state index in [0.717, 1.165) is 21.9 Å². The van der Waals surface area contributed by atoms with Crippen LogP contribution >= 0.6 is 27.5 Å². The van der Waals surface area contributed by atoms with Gasteiger partial charge in [-0.15, -0.1) is 11.6 Å². The van der Waals surface area contributed by atoms with Gasteiger partial charge >= 0.3 is 0 Å². The van der Waals surface area contributed by atoms with Gasteiger partial charge in [0, 0.05) is 5.88 Å². The van der Waals surface area contributed by atoms with Crippen molar-refractivity contribution in [3.05, 3.63) is 22.2 Å². The highest BCUT2D eigenvalue weighted by Gasteiger charge is 2.38. The smallest absolute Gasteiger partial charge is 0.231 e. The zero-order valence-electron chi connectivity index (χ0n) is 8.00. The lowest BCUT2D eigenvalue weighted by atomic mass is 10.1. The lowest BCUT2D eigenvalue weighted by Crippen LogP contribution is -1.93. The van der Waals surface area contributed by atoms with Gasteiger partial charge < -0.3 is 9.47 Å². The molecule has 2 unspecified atom stereocenters. The summed E-state index contributed by atoms with van der Waals surface area (Å²) in [4.78, 5) is 0. The number of fused-ring (bicyclic) bond motifs is 1. The maximum Gasteiger partial charge on any atom is 0.231 e. The number of benzene rings is 1. The Morgan fingerprint density at radius 2 is 2.27 bits per heavy atom. The van der Waals surface area contributed by atoms with E-state index in [9.17, 15) is 0 Å². The predicted molar refractivity (Wildman–Crippen MR) is 61.8 cm³/mol. The predicted octanol–water partition coefficient (Wildman–Crippen LogP) is 3.52. The molecule has 2 aliphatic rings. The maximum absolute atomic E-state index is 5.83. The van der Waals surface area contributed by atoms with Gasteiger partial charge in [0.05, 0.1) is 4.47 Å². The molecule has 15 heavy (non-hydrogen) atoms. The maximum atomic E-state index is 5.83. The molecule has 0 amide bonds. The van der Waals surface area contributed by atoms with E-state index in [-0.39, 0.29) is 0 Å². The molecule has 1 fully saturated rings. The van der Waals surface area contributed by atoms with Gasteiger partial charge in [-0.3, -0.25) is 0 Å². The van der Waals surface area contributed by atoms with E-state index in [1.807, 2.05) is 0 Å². The molecule has 1 aliphatic carbocycles. The van der Waals surface area contributed by atoms with Crippen LogP contribution in [0.15, 0.2) is 16.6 Å². The molecular formula is C11H10BrClO2. The molecule has 2 atom stereocenters. The minimum atomic E-state index is 0.320. The fraction of sp³-hybridized carbons (Fsp3) is 0.455. The average Bonchev–Trinajstić information content (AvgIpc) is 2.88. The Balaban J connectivity index is 1.94. The molecule has 0 aromatic heterocycles. The monoisotopic (exact) mass is 288 g/mol. The second kappa shape index (κ2) is 3.56. The number of hydrogen-bond donors (Lipinski definition) is 0. The lowest BCUT2D eigenvalue weighted by Gasteiger charge is -2.04. The van der Waals surface area contributed by atoms with Gasteiger partial charge in [0.15, 0.2) is 11.5 Å². The zero-order chi connectivity index (χ0) is 10.4. The summed E-state index contributed by atoms with van der Waals surface area (Å²) in [6.07, 6.45) is 1.19. The van der Waals surface area contributed by atoms with Crippen molar-refractivity contribution in [2.75, 3.05) is 12.7 Å². The quantitative estimate of drug-likeness (QED) is 0.776. The molecule has 80 valence electrons. The summed E-state index contributed by atoms with van der Waals surface area (Å²) in [6.45, 7) is 0.320. The summed E-state index contributed by atoms with van der Waals surface area (Å²) < 4.78 is 11.7. The molecule has 0 N–H and O–H groups in total. The summed E-state index contributed by atoms with van der Waals surface area (Å²) in [6, 6.07) is 4.19. The SMILES string of the molecule is ClCC1CC1c1cc(Br)c2c(c1)OCO2. The van der Waals surface area contributed by atoms with Crippen LogP contribution in [0.25, 0.3) is 0 Å². The van der Waals surface area contributed by atoms with Gasteiger partial charge in [0.25, 0.3) is 0 Å². The summed E-state index contributed by atoms with van der Waals surface area (Å²) in [5.74, 6) is 3.66. The third-order valence-corrected chi connectivity index (χ3v) is 3.98. The van der Waals surface area contributed by atoms with Crippen molar-refractivity contribution in [1.29, 1.82) is 0 Å². The van der Waals surface area contributed by atoms with Gasteiger partial charge in [-0.25, -0.2) is 0 Å². The van der Waals surface area contributed by atoms with Gasteiger partial charge in [-0.05, 0) is 51.9 Å². The number of alkyl halides is 1. The fourth-order valence-electron chi connectivity index (χ4n) is 2.03. The molecule has 0 spiro atoms. The van der Waals surface area contributed by atoms with Crippen LogP contribution in [0, 0.1) is 5.92 Å². The Bertz CT molecular complexity index is 408. The number of halogens is 2. The standard InChI is InChI=1S/C11H10BrClO2/c12-9-2-6(8-1-7(8)4-13)3-10-11(9)15-5-14-10/h2-3,7-8H,1,4-5H2. The zero-order valence-corrected chi connectivity index (χ0v) is 10.3. The van der Waals surface area contributed by atoms with E-state index in [0.29, 0.717) is 18.6 Å². The number of ether oxygens (including phenoxy) is 2. The van der Waals surface area contributed by atoms with Crippen LogP contribution in [0.5, 0.6) is 11.5 Å². The van der Waals surface area contributed by atoms with Crippen molar-refractivity contribution >= 4 is 27.5 Å². The molecule has 2 nitrogen and oxygen atoms in total. The first kappa shape index (κ1) is 9.79. The largest absolute Gasteiger partial charge is 0.454 e. The van der Waals surface area contributed by atoms with Gasteiger partial charge in [0.2, 0.25) is 6.79 Å². The Labute approximate surface area is 102 Å². The van der Waals surface area contributed by atoms with E-state index in [2.05, 4.69) is 28.1 Å². The first-order valence-corrected chi connectivity index (χ1v) is 6.27. The van der Waals surface area contributed by atoms with Crippen molar-refractivity contribution in [3.8, 4) is 11.5 Å². The van der Waals surface area contributed by atoms with Crippen molar-refractivity contribution in [2.45, 2.75) is 12.3 Å². The molecule has 3 rings (SSSR count). The third-order valence-electron chi connectivity index (χ3n) is 3.00. The summed E-state index contributed by atoms with van der Waals surface area (Å²) in [5, 5.41) is 0. The van der Waals surface area contributed by atoms with Crippen LogP contribution in [-0.2, 0) is 0 Å². The Kier molecular flexibility index (Phi) is 2.33. The lowest BCUT2D eigenvalue weighted by molar-refractivity contribution is 0.173. The summed E-state index contributed by atoms with van der Waals surface area (Å²) in [5.41, 5.74) is 1.30. The summed E-state index contributed by atoms with van der Waals surface area (Å²) >= 11 is 9.33. The summed E-state index contributed by atoms with van der Waals surface area (Å²) in [7, 11) is 0. The second-order valence-electron chi connectivity index (χ2n) is 3.99. The van der Waals surface area contributed by atoms with E-state index in [1.165, 1.54) is 12.0 Å². The van der Waals surface area contributed by atoms with E-state index in [1.54, 1.807) is 0 Å². The normalized spacial score (nSPS) is 26.8. The van der Waals surface area contributed by atoms with Crippen LogP contribution in [-0.4, -0.2) is 12.7 Å². The molecule has 4 heteroatoms. The highest BCUT2D eigenvalue weighted by atomic mass is 79.9. The number of hydrogen-bond acceptors (Lipinski definition) is 2. The number of rotatable bonds is 2. The van der Waals surface area contributed by atoms with Crippen molar-refractivity contribution in [2.24, 2.45) is 5.92 Å². The van der Waals surface area contributed by atoms with Crippen LogP contribution in [0.2, 0.25) is 0 Å². The van der Waals surface area contributed by atoms with Crippen LogP contribution in [0.4, 0.5) is 0 Å². The van der Waals surface area contributed by atoms with Crippen LogP contribution in [0.3, 0.4) is 0 Å². The van der Waals surface area contributed by atoms with E-state index < -0.39 is 0 Å². The average molecular weight is 290 g/mol. The molecule has 1 aliphatic heterocycles. The highest BCUT2D eigenvalue weighted by Crippen LogP contribution is 2.51. The molecular weight excluding hydrogens is 279 g/mol. The Morgan fingerprint density at radius 1 is 1.40 bits per heavy atom. The first-order chi connectivity index (χ1) is 7.29. The van der Waals surface area contributed by atoms with E-state index in [4.69, 9.17) is 21.1 Å². The highest BCUT2D eigenvalue weighted by molar-refractivity contribution is 9.10. The fourth-order valence-corrected chi connectivity index (χ4v) is 2.94. The molecule has 1 saturated carbocycles. The molecule has 0 radical (unpaired) electrons. The van der Waals surface area contributed by atoms with Crippen molar-refractivity contribution in [3.63, 3.8) is 0 Å². The molecule has 1 heterocycles. The van der Waals surface area contributed by atoms with Gasteiger partial charge in [-0.1, -0.05) is 0 Å². The molecule has 0 saturated heterocycles. The second-order valence-corrected chi connectivity index (χ2v) is 5.16. The molecule has 1 aromatic rings. The van der Waals surface area contributed by atoms with Crippen LogP contribution in [0.1, 0.15) is 17.9 Å². The van der Waals surface area contributed by atoms with Crippen molar-refractivity contribution in [1.82, 2.24) is 0 Å². The minimum Gasteiger partial charge on any atom is -0.454 e. The topological polar surface area (TPSA) is 18.5 Å². The molecule has 0 bridgehead atoms. The third kappa shape index (κ3) is 1.62. The first-order valence-electron chi connectivity index (χ1n) is 4.94. The van der Waals surface area contributed by atoms with Crippen molar-refractivity contribution < 1.29 is 9.47 Å². The van der Waals surface area contributed by atoms with Crippen LogP contribution < -0.4 is 9.47 Å². The Hall–Kier alpha value is -0.410.